The molecule has 0 fully saturated rings. The van der Waals surface area contributed by atoms with Crippen molar-refractivity contribution in [1.29, 1.82) is 0 Å². The molecule has 9 heteroatoms. The second-order valence-electron chi connectivity index (χ2n) is 7.58. The summed E-state index contributed by atoms with van der Waals surface area (Å²) in [5.41, 5.74) is 4.77. The van der Waals surface area contributed by atoms with Crippen molar-refractivity contribution in [3.63, 3.8) is 0 Å². The Hall–Kier alpha value is -2.81. The Balaban J connectivity index is 2.37. The zero-order valence-electron chi connectivity index (χ0n) is 17.3. The lowest BCUT2D eigenvalue weighted by Crippen LogP contribution is -2.48. The maximum Gasteiger partial charge on any atom is 0.339 e. The highest BCUT2D eigenvalue weighted by atomic mass is 79.9. The Morgan fingerprint density at radius 1 is 1.10 bits per heavy atom. The molecular weight excluding hydrogens is 456 g/mol. The number of benzene rings is 1. The summed E-state index contributed by atoms with van der Waals surface area (Å²) in [6.45, 7) is 8.19. The number of ether oxygens (including phenoxy) is 3. The van der Waals surface area contributed by atoms with Crippen LogP contribution in [0.4, 0.5) is 5.69 Å². The Morgan fingerprint density at radius 2 is 1.67 bits per heavy atom. The van der Waals surface area contributed by atoms with Crippen molar-refractivity contribution in [3.05, 3.63) is 51.0 Å². The van der Waals surface area contributed by atoms with Crippen LogP contribution < -0.4 is 11.1 Å². The smallest absolute Gasteiger partial charge is 0.339 e. The summed E-state index contributed by atoms with van der Waals surface area (Å²) in [5.74, 6) is -2.49. The van der Waals surface area contributed by atoms with Crippen LogP contribution in [0.5, 0.6) is 0 Å². The molecule has 2 heterocycles. The van der Waals surface area contributed by atoms with Crippen molar-refractivity contribution in [3.8, 4) is 0 Å². The minimum atomic E-state index is -1.92. The van der Waals surface area contributed by atoms with Crippen LogP contribution in [0.3, 0.4) is 0 Å². The van der Waals surface area contributed by atoms with Crippen molar-refractivity contribution in [2.45, 2.75) is 52.2 Å². The van der Waals surface area contributed by atoms with E-state index in [4.69, 9.17) is 19.9 Å². The number of nitrogens with one attached hydrogen (secondary N) is 1. The summed E-state index contributed by atoms with van der Waals surface area (Å²) >= 11 is 3.39. The van der Waals surface area contributed by atoms with Crippen molar-refractivity contribution in [2.24, 2.45) is 5.73 Å². The van der Waals surface area contributed by atoms with Crippen LogP contribution >= 0.6 is 15.9 Å². The molecule has 1 spiro atoms. The number of rotatable bonds is 4. The highest BCUT2D eigenvalue weighted by Gasteiger charge is 2.63. The minimum Gasteiger partial charge on any atom is -0.459 e. The number of anilines is 1. The predicted molar refractivity (Wildman–Crippen MR) is 112 cm³/mol. The third-order valence-electron chi connectivity index (χ3n) is 4.67. The number of nitrogens with two attached hydrogens (primary N) is 1. The summed E-state index contributed by atoms with van der Waals surface area (Å²) in [6.07, 6.45) is -0.936. The molecule has 3 N–H and O–H groups in total. The number of allylic oxidation sites excluding steroid dienone is 1. The number of hydrogen-bond donors (Lipinski definition) is 2. The van der Waals surface area contributed by atoms with Crippen LogP contribution in [-0.4, -0.2) is 30.1 Å². The van der Waals surface area contributed by atoms with Gasteiger partial charge in [0, 0.05) is 15.7 Å². The summed E-state index contributed by atoms with van der Waals surface area (Å²) in [6, 6.07) is 5.07. The minimum absolute atomic E-state index is 0.0427. The first-order valence-electron chi connectivity index (χ1n) is 9.43. The number of esters is 3. The van der Waals surface area contributed by atoms with E-state index in [-0.39, 0.29) is 22.7 Å². The first kappa shape index (κ1) is 21.9. The molecule has 30 heavy (non-hydrogen) atoms. The van der Waals surface area contributed by atoms with Crippen molar-refractivity contribution >= 4 is 39.5 Å². The largest absolute Gasteiger partial charge is 0.459 e. The van der Waals surface area contributed by atoms with Gasteiger partial charge >= 0.3 is 17.9 Å². The molecule has 1 aromatic rings. The van der Waals surface area contributed by atoms with E-state index in [1.165, 1.54) is 6.92 Å². The van der Waals surface area contributed by atoms with E-state index in [2.05, 4.69) is 21.2 Å². The third-order valence-corrected chi connectivity index (χ3v) is 5.17. The fourth-order valence-electron chi connectivity index (χ4n) is 3.69. The fraction of sp³-hybridized carbons (Fsp3) is 0.381. The lowest BCUT2D eigenvalue weighted by atomic mass is 9.67. The molecule has 160 valence electrons. The maximum absolute atomic E-state index is 13.4. The molecule has 2 aliphatic heterocycles. The van der Waals surface area contributed by atoms with Gasteiger partial charge in [-0.2, -0.15) is 0 Å². The van der Waals surface area contributed by atoms with Crippen LogP contribution in [0.2, 0.25) is 0 Å². The lowest BCUT2D eigenvalue weighted by molar-refractivity contribution is -0.149. The van der Waals surface area contributed by atoms with Crippen LogP contribution in [-0.2, 0) is 34.0 Å². The Morgan fingerprint density at radius 3 is 2.23 bits per heavy atom. The number of hydrogen-bond acceptors (Lipinski definition) is 8. The van der Waals surface area contributed by atoms with Crippen LogP contribution in [0.25, 0.3) is 0 Å². The molecule has 0 amide bonds. The first-order chi connectivity index (χ1) is 14.0. The van der Waals surface area contributed by atoms with Gasteiger partial charge in [-0.05, 0) is 52.8 Å². The van der Waals surface area contributed by atoms with Crippen LogP contribution in [0.15, 0.2) is 45.4 Å². The Labute approximate surface area is 182 Å². The molecule has 1 atom stereocenters. The average molecular weight is 479 g/mol. The highest BCUT2D eigenvalue weighted by molar-refractivity contribution is 9.10. The van der Waals surface area contributed by atoms with Gasteiger partial charge in [-0.15, -0.1) is 0 Å². The number of halogens is 1. The molecule has 0 saturated heterocycles. The van der Waals surface area contributed by atoms with Gasteiger partial charge in [-0.3, -0.25) is 0 Å². The SMILES string of the molecule is CC1=C(C(=O)OC(C)C)[C@@]2(C(=O)O1)C(C(=O)OC(C)C)=C(N)Nc1ccc(Br)cc12. The van der Waals surface area contributed by atoms with E-state index in [1.54, 1.807) is 45.9 Å². The van der Waals surface area contributed by atoms with E-state index in [0.717, 1.165) is 0 Å². The van der Waals surface area contributed by atoms with Gasteiger partial charge in [0.2, 0.25) is 0 Å². The van der Waals surface area contributed by atoms with Crippen LogP contribution in [0, 0.1) is 0 Å². The molecule has 1 aromatic carbocycles. The fourth-order valence-corrected chi connectivity index (χ4v) is 4.05. The normalized spacial score (nSPS) is 20.5. The number of cyclic esters (lactones) is 1. The van der Waals surface area contributed by atoms with Gasteiger partial charge in [0.25, 0.3) is 0 Å². The molecule has 0 aromatic heterocycles. The van der Waals surface area contributed by atoms with Crippen molar-refractivity contribution in [1.82, 2.24) is 0 Å². The predicted octanol–water partition coefficient (Wildman–Crippen LogP) is 3.02. The Kier molecular flexibility index (Phi) is 5.68. The zero-order valence-corrected chi connectivity index (χ0v) is 18.9. The highest BCUT2D eigenvalue weighted by Crippen LogP contribution is 2.53. The quantitative estimate of drug-likeness (QED) is 0.500. The molecule has 0 unspecified atom stereocenters. The molecule has 0 aliphatic carbocycles. The molecular formula is C21H23BrN2O6. The summed E-state index contributed by atoms with van der Waals surface area (Å²) < 4.78 is 16.8. The number of carbonyl (C=O) groups is 3. The average Bonchev–Trinajstić information content (AvgIpc) is 2.85. The lowest BCUT2D eigenvalue weighted by Gasteiger charge is -2.36. The first-order valence-corrected chi connectivity index (χ1v) is 10.2. The summed E-state index contributed by atoms with van der Waals surface area (Å²) in [7, 11) is 0. The van der Waals surface area contributed by atoms with E-state index in [0.29, 0.717) is 15.7 Å². The van der Waals surface area contributed by atoms with E-state index in [9.17, 15) is 14.4 Å². The number of carbonyl (C=O) groups excluding carboxylic acids is 3. The van der Waals surface area contributed by atoms with Gasteiger partial charge in [0.15, 0.2) is 5.41 Å². The van der Waals surface area contributed by atoms with Gasteiger partial charge in [-0.25, -0.2) is 14.4 Å². The standard InChI is InChI=1S/C21H23BrN2O6/c1-9(2)28-18(25)15-11(5)30-20(27)21(15)13-8-12(22)6-7-14(13)24-17(23)16(21)19(26)29-10(3)4/h6-10,24H,23H2,1-5H3/t21-/m1/s1. The molecule has 0 bridgehead atoms. The van der Waals surface area contributed by atoms with Crippen molar-refractivity contribution < 1.29 is 28.6 Å². The molecule has 0 saturated carbocycles. The van der Waals surface area contributed by atoms with Gasteiger partial charge in [0.1, 0.15) is 22.7 Å². The monoisotopic (exact) mass is 478 g/mol. The molecule has 2 aliphatic rings. The Bertz CT molecular complexity index is 1010. The number of fused-ring (bicyclic) bond motifs is 2. The molecule has 8 nitrogen and oxygen atoms in total. The molecule has 3 rings (SSSR count). The maximum atomic E-state index is 13.4. The van der Waals surface area contributed by atoms with E-state index < -0.39 is 35.5 Å². The van der Waals surface area contributed by atoms with Gasteiger partial charge < -0.3 is 25.3 Å². The summed E-state index contributed by atoms with van der Waals surface area (Å²) in [4.78, 5) is 39.6. The summed E-state index contributed by atoms with van der Waals surface area (Å²) in [5, 5.41) is 2.93. The second kappa shape index (κ2) is 7.79. The topological polar surface area (TPSA) is 117 Å². The van der Waals surface area contributed by atoms with E-state index >= 15 is 0 Å². The third kappa shape index (κ3) is 3.36. The second-order valence-corrected chi connectivity index (χ2v) is 8.50. The molecule has 0 radical (unpaired) electrons. The van der Waals surface area contributed by atoms with Crippen molar-refractivity contribution in [2.75, 3.05) is 5.32 Å². The van der Waals surface area contributed by atoms with E-state index in [1.807, 2.05) is 0 Å². The van der Waals surface area contributed by atoms with Gasteiger partial charge in [0.05, 0.1) is 12.2 Å². The zero-order chi connectivity index (χ0) is 22.4. The van der Waals surface area contributed by atoms with Gasteiger partial charge in [-0.1, -0.05) is 15.9 Å². The van der Waals surface area contributed by atoms with Crippen LogP contribution in [0.1, 0.15) is 40.2 Å².